The van der Waals surface area contributed by atoms with Crippen LogP contribution in [0.15, 0.2) is 77.7 Å². The highest BCUT2D eigenvalue weighted by Gasteiger charge is 2.32. The molecule has 7 nitrogen and oxygen atoms in total. The molecule has 0 bridgehead atoms. The van der Waals surface area contributed by atoms with Crippen LogP contribution >= 0.6 is 0 Å². The van der Waals surface area contributed by atoms with Gasteiger partial charge in [-0.25, -0.2) is 8.42 Å². The van der Waals surface area contributed by atoms with Gasteiger partial charge < -0.3 is 14.8 Å². The zero-order valence-electron chi connectivity index (χ0n) is 19.4. The number of anilines is 2. The molecule has 4 rings (SSSR count). The van der Waals surface area contributed by atoms with Crippen molar-refractivity contribution in [1.29, 1.82) is 0 Å². The van der Waals surface area contributed by atoms with E-state index in [-0.39, 0.29) is 30.1 Å². The van der Waals surface area contributed by atoms with Crippen LogP contribution in [-0.2, 0) is 14.8 Å². The van der Waals surface area contributed by atoms with E-state index in [9.17, 15) is 13.2 Å². The minimum Gasteiger partial charge on any atom is -0.487 e. The van der Waals surface area contributed by atoms with Gasteiger partial charge in [-0.2, -0.15) is 0 Å². The Morgan fingerprint density at radius 1 is 1.06 bits per heavy atom. The number of ether oxygens (including phenoxy) is 2. The van der Waals surface area contributed by atoms with Crippen LogP contribution in [0.3, 0.4) is 0 Å². The van der Waals surface area contributed by atoms with Gasteiger partial charge in [0.2, 0.25) is 0 Å². The van der Waals surface area contributed by atoms with Gasteiger partial charge in [0.05, 0.1) is 17.1 Å². The third-order valence-corrected chi connectivity index (χ3v) is 7.32. The summed E-state index contributed by atoms with van der Waals surface area (Å²) in [5.74, 6) is 1.23. The smallest absolute Gasteiger partial charge is 0.264 e. The van der Waals surface area contributed by atoms with Gasteiger partial charge >= 0.3 is 0 Å². The van der Waals surface area contributed by atoms with Crippen molar-refractivity contribution < 1.29 is 22.7 Å². The molecule has 8 heteroatoms. The van der Waals surface area contributed by atoms with E-state index < -0.39 is 10.0 Å². The van der Waals surface area contributed by atoms with Crippen molar-refractivity contribution in [3.8, 4) is 11.5 Å². The SMILES string of the molecule is CC(C)c1ccc(OCC(=O)Nc2ccc(S(=O)(=O)N3C[C@@H](C)Oc4ccccc43)cc2)cc1. The number of carbonyl (C=O) groups excluding carboxylic acids is 1. The maximum Gasteiger partial charge on any atom is 0.264 e. The number of hydrogen-bond donors (Lipinski definition) is 1. The number of fused-ring (bicyclic) bond motifs is 1. The number of amides is 1. The third kappa shape index (κ3) is 5.17. The first-order valence-corrected chi connectivity index (χ1v) is 12.6. The maximum absolute atomic E-state index is 13.3. The highest BCUT2D eigenvalue weighted by Crippen LogP contribution is 2.36. The van der Waals surface area contributed by atoms with Crippen molar-refractivity contribution in [3.63, 3.8) is 0 Å². The normalized spacial score (nSPS) is 15.4. The predicted octanol–water partition coefficient (Wildman–Crippen LogP) is 4.80. The average molecular weight is 481 g/mol. The van der Waals surface area contributed by atoms with E-state index in [1.54, 1.807) is 30.3 Å². The van der Waals surface area contributed by atoms with Crippen LogP contribution in [0.4, 0.5) is 11.4 Å². The number of rotatable bonds is 7. The van der Waals surface area contributed by atoms with Crippen LogP contribution in [-0.4, -0.2) is 33.6 Å². The van der Waals surface area contributed by atoms with Gasteiger partial charge in [-0.1, -0.05) is 38.1 Å². The molecule has 1 amide bonds. The fraction of sp³-hybridized carbons (Fsp3) is 0.269. The molecule has 0 radical (unpaired) electrons. The first-order valence-electron chi connectivity index (χ1n) is 11.1. The Morgan fingerprint density at radius 2 is 1.74 bits per heavy atom. The molecule has 1 atom stereocenters. The number of carbonyl (C=O) groups is 1. The topological polar surface area (TPSA) is 84.9 Å². The van der Waals surface area contributed by atoms with Gasteiger partial charge in [0.1, 0.15) is 17.6 Å². The summed E-state index contributed by atoms with van der Waals surface area (Å²) in [7, 11) is -3.79. The van der Waals surface area contributed by atoms with Crippen LogP contribution < -0.4 is 19.1 Å². The standard InChI is InChI=1S/C26H28N2O5S/c1-18(2)20-8-12-22(13-9-20)32-17-26(29)27-21-10-14-23(15-11-21)34(30,31)28-16-19(3)33-25-7-5-4-6-24(25)28/h4-15,18-19H,16-17H2,1-3H3,(H,27,29)/t19-/m1/s1. The maximum atomic E-state index is 13.3. The lowest BCUT2D eigenvalue weighted by molar-refractivity contribution is -0.118. The Labute approximate surface area is 200 Å². The van der Waals surface area contributed by atoms with E-state index in [1.165, 1.54) is 22.0 Å². The molecule has 0 aromatic heterocycles. The molecule has 0 unspecified atom stereocenters. The molecule has 0 fully saturated rings. The van der Waals surface area contributed by atoms with Crippen LogP contribution in [0, 0.1) is 0 Å². The molecule has 178 valence electrons. The Morgan fingerprint density at radius 3 is 2.41 bits per heavy atom. The summed E-state index contributed by atoms with van der Waals surface area (Å²) in [6.45, 7) is 6.12. The second kappa shape index (κ2) is 9.77. The van der Waals surface area contributed by atoms with Crippen LogP contribution in [0.2, 0.25) is 0 Å². The number of nitrogens with one attached hydrogen (secondary N) is 1. The van der Waals surface area contributed by atoms with Gasteiger partial charge in [0.25, 0.3) is 15.9 Å². The second-order valence-electron chi connectivity index (χ2n) is 8.52. The molecular formula is C26H28N2O5S. The monoisotopic (exact) mass is 480 g/mol. The van der Waals surface area contributed by atoms with Crippen LogP contribution in [0.25, 0.3) is 0 Å². The largest absolute Gasteiger partial charge is 0.487 e. The molecule has 0 spiro atoms. The lowest BCUT2D eigenvalue weighted by Gasteiger charge is -2.34. The molecule has 0 saturated heterocycles. The molecule has 1 aliphatic heterocycles. The zero-order valence-corrected chi connectivity index (χ0v) is 20.2. The Bertz CT molecular complexity index is 1260. The van der Waals surface area contributed by atoms with Crippen molar-refractivity contribution in [2.45, 2.75) is 37.7 Å². The fourth-order valence-electron chi connectivity index (χ4n) is 3.71. The summed E-state index contributed by atoms with van der Waals surface area (Å²) in [5, 5.41) is 2.73. The second-order valence-corrected chi connectivity index (χ2v) is 10.4. The van der Waals surface area contributed by atoms with E-state index in [4.69, 9.17) is 9.47 Å². The molecule has 0 saturated carbocycles. The Balaban J connectivity index is 1.40. The van der Waals surface area contributed by atoms with E-state index in [2.05, 4.69) is 19.2 Å². The van der Waals surface area contributed by atoms with Crippen molar-refractivity contribution in [2.24, 2.45) is 0 Å². The molecule has 1 N–H and O–H groups in total. The molecule has 34 heavy (non-hydrogen) atoms. The van der Waals surface area contributed by atoms with Gasteiger partial charge in [-0.05, 0) is 66.9 Å². The number of sulfonamides is 1. The van der Waals surface area contributed by atoms with E-state index >= 15 is 0 Å². The van der Waals surface area contributed by atoms with Crippen molar-refractivity contribution in [1.82, 2.24) is 0 Å². The minimum absolute atomic E-state index is 0.135. The number of hydrogen-bond acceptors (Lipinski definition) is 5. The fourth-order valence-corrected chi connectivity index (χ4v) is 5.26. The van der Waals surface area contributed by atoms with Gasteiger partial charge in [-0.3, -0.25) is 9.10 Å². The van der Waals surface area contributed by atoms with Crippen molar-refractivity contribution >= 4 is 27.3 Å². The molecule has 0 aliphatic carbocycles. The van der Waals surface area contributed by atoms with Crippen molar-refractivity contribution in [2.75, 3.05) is 22.8 Å². The highest BCUT2D eigenvalue weighted by atomic mass is 32.2. The molecule has 1 aliphatic rings. The van der Waals surface area contributed by atoms with E-state index in [0.717, 1.165) is 0 Å². The van der Waals surface area contributed by atoms with Gasteiger partial charge in [-0.15, -0.1) is 0 Å². The van der Waals surface area contributed by atoms with Crippen LogP contribution in [0.5, 0.6) is 11.5 Å². The summed E-state index contributed by atoms with van der Waals surface area (Å²) >= 11 is 0. The van der Waals surface area contributed by atoms with E-state index in [1.807, 2.05) is 37.3 Å². The number of benzene rings is 3. The number of para-hydroxylation sites is 2. The highest BCUT2D eigenvalue weighted by molar-refractivity contribution is 7.92. The van der Waals surface area contributed by atoms with Gasteiger partial charge in [0, 0.05) is 5.69 Å². The lowest BCUT2D eigenvalue weighted by atomic mass is 10.0. The summed E-state index contributed by atoms with van der Waals surface area (Å²) in [5.41, 5.74) is 2.19. The molecule has 1 heterocycles. The first-order chi connectivity index (χ1) is 16.2. The van der Waals surface area contributed by atoms with E-state index in [0.29, 0.717) is 28.8 Å². The quantitative estimate of drug-likeness (QED) is 0.525. The van der Waals surface area contributed by atoms with Gasteiger partial charge in [0.15, 0.2) is 6.61 Å². The molecular weight excluding hydrogens is 452 g/mol. The Kier molecular flexibility index (Phi) is 6.79. The molecule has 3 aromatic carbocycles. The summed E-state index contributed by atoms with van der Waals surface area (Å²) < 4.78 is 39.3. The summed E-state index contributed by atoms with van der Waals surface area (Å²) in [6, 6.07) is 20.8. The van der Waals surface area contributed by atoms with Crippen molar-refractivity contribution in [3.05, 3.63) is 78.4 Å². The lowest BCUT2D eigenvalue weighted by Crippen LogP contribution is -2.42. The summed E-state index contributed by atoms with van der Waals surface area (Å²) in [6.07, 6.45) is -0.273. The summed E-state index contributed by atoms with van der Waals surface area (Å²) in [4.78, 5) is 12.4. The number of nitrogens with zero attached hydrogens (tertiary/aromatic N) is 1. The Hall–Kier alpha value is -3.52. The molecule has 3 aromatic rings. The predicted molar refractivity (Wildman–Crippen MR) is 132 cm³/mol. The third-order valence-electron chi connectivity index (χ3n) is 5.53. The average Bonchev–Trinajstić information content (AvgIpc) is 2.82. The first kappa shape index (κ1) is 23.6. The minimum atomic E-state index is -3.79. The zero-order chi connectivity index (χ0) is 24.3. The van der Waals surface area contributed by atoms with Crippen LogP contribution in [0.1, 0.15) is 32.3 Å².